The Morgan fingerprint density at radius 3 is 2.26 bits per heavy atom. The van der Waals surface area contributed by atoms with E-state index < -0.39 is 0 Å². The summed E-state index contributed by atoms with van der Waals surface area (Å²) in [5, 5.41) is 4.14. The molecule has 0 saturated carbocycles. The van der Waals surface area contributed by atoms with E-state index in [9.17, 15) is 0 Å². The molecular formula is C20H18N4O2S. The Kier molecular flexibility index (Phi) is 4.60. The normalized spacial score (nSPS) is 10.8. The average Bonchev–Trinajstić information content (AvgIpc) is 3.03. The summed E-state index contributed by atoms with van der Waals surface area (Å²) in [6.45, 7) is 3.84. The van der Waals surface area contributed by atoms with Gasteiger partial charge in [0.25, 0.3) is 0 Å². The lowest BCUT2D eigenvalue weighted by molar-refractivity contribution is 0.415. The molecule has 0 fully saturated rings. The Hall–Kier alpha value is -3.19. The van der Waals surface area contributed by atoms with Gasteiger partial charge in [0, 0.05) is 17.1 Å². The number of fused-ring (bicyclic) bond motifs is 1. The van der Waals surface area contributed by atoms with Crippen molar-refractivity contribution in [2.75, 3.05) is 12.4 Å². The van der Waals surface area contributed by atoms with Crippen molar-refractivity contribution < 1.29 is 9.47 Å². The molecule has 0 aliphatic carbocycles. The number of rotatable bonds is 5. The second kappa shape index (κ2) is 7.20. The highest BCUT2D eigenvalue weighted by Gasteiger charge is 2.07. The number of nitrogens with zero attached hydrogens (tertiary/aromatic N) is 3. The first-order chi connectivity index (χ1) is 13.1. The number of nitrogens with one attached hydrogen (secondary N) is 1. The van der Waals surface area contributed by atoms with E-state index in [0.29, 0.717) is 11.8 Å². The molecule has 0 spiro atoms. The Morgan fingerprint density at radius 2 is 1.56 bits per heavy atom. The number of benzene rings is 2. The van der Waals surface area contributed by atoms with Crippen molar-refractivity contribution in [1.82, 2.24) is 15.0 Å². The third-order valence-electron chi connectivity index (χ3n) is 3.87. The molecule has 0 radical (unpaired) electrons. The lowest BCUT2D eigenvalue weighted by Gasteiger charge is -2.07. The molecule has 0 unspecified atom stereocenters. The number of hydrogen-bond acceptors (Lipinski definition) is 7. The maximum absolute atomic E-state index is 5.74. The summed E-state index contributed by atoms with van der Waals surface area (Å²) >= 11 is 1.58. The predicted molar refractivity (Wildman–Crippen MR) is 107 cm³/mol. The molecule has 2 aromatic carbocycles. The highest BCUT2D eigenvalue weighted by Crippen LogP contribution is 2.31. The van der Waals surface area contributed by atoms with Crippen molar-refractivity contribution in [2.45, 2.75) is 13.8 Å². The van der Waals surface area contributed by atoms with E-state index in [0.717, 1.165) is 38.2 Å². The lowest BCUT2D eigenvalue weighted by Crippen LogP contribution is -1.96. The zero-order valence-electron chi connectivity index (χ0n) is 15.2. The van der Waals surface area contributed by atoms with Crippen LogP contribution < -0.4 is 14.8 Å². The number of methoxy groups -OCH3 is 1. The van der Waals surface area contributed by atoms with Crippen LogP contribution in [0.15, 0.2) is 48.5 Å². The van der Waals surface area contributed by atoms with Gasteiger partial charge in [-0.05, 0) is 62.4 Å². The van der Waals surface area contributed by atoms with Gasteiger partial charge in [-0.15, -0.1) is 0 Å². The molecule has 0 amide bonds. The zero-order chi connectivity index (χ0) is 18.8. The smallest absolute Gasteiger partial charge is 0.322 e. The van der Waals surface area contributed by atoms with Gasteiger partial charge >= 0.3 is 6.01 Å². The molecule has 0 bridgehead atoms. The van der Waals surface area contributed by atoms with E-state index >= 15 is 0 Å². The third kappa shape index (κ3) is 3.98. The number of aryl methyl sites for hydroxylation is 2. The van der Waals surface area contributed by atoms with Gasteiger partial charge in [0.15, 0.2) is 5.13 Å². The second-order valence-electron chi connectivity index (χ2n) is 6.04. The summed E-state index contributed by atoms with van der Waals surface area (Å²) < 4.78 is 12.1. The fraction of sp³-hybridized carbons (Fsp3) is 0.150. The number of thiazole rings is 1. The van der Waals surface area contributed by atoms with E-state index in [-0.39, 0.29) is 0 Å². The van der Waals surface area contributed by atoms with Gasteiger partial charge in [-0.1, -0.05) is 11.3 Å². The number of hydrogen-bond donors (Lipinski definition) is 1. The molecule has 2 aromatic heterocycles. The summed E-state index contributed by atoms with van der Waals surface area (Å²) in [5.41, 5.74) is 3.62. The van der Waals surface area contributed by atoms with Crippen LogP contribution in [0.2, 0.25) is 0 Å². The minimum Gasteiger partial charge on any atom is -0.497 e. The Balaban J connectivity index is 1.49. The fourth-order valence-corrected chi connectivity index (χ4v) is 3.57. The third-order valence-corrected chi connectivity index (χ3v) is 4.81. The molecule has 7 heteroatoms. The van der Waals surface area contributed by atoms with Crippen LogP contribution in [0.5, 0.6) is 17.5 Å². The van der Waals surface area contributed by atoms with Crippen LogP contribution in [-0.2, 0) is 0 Å². The molecular weight excluding hydrogens is 360 g/mol. The van der Waals surface area contributed by atoms with Gasteiger partial charge in [0.1, 0.15) is 11.5 Å². The van der Waals surface area contributed by atoms with Gasteiger partial charge in [-0.25, -0.2) is 15.0 Å². The molecule has 0 saturated heterocycles. The van der Waals surface area contributed by atoms with Gasteiger partial charge < -0.3 is 14.8 Å². The summed E-state index contributed by atoms with van der Waals surface area (Å²) in [6, 6.07) is 15.7. The number of aromatic nitrogens is 3. The fourth-order valence-electron chi connectivity index (χ4n) is 2.66. The molecule has 1 N–H and O–H groups in total. The molecule has 136 valence electrons. The van der Waals surface area contributed by atoms with Crippen LogP contribution in [0.3, 0.4) is 0 Å². The molecule has 0 aliphatic rings. The standard InChI is InChI=1S/C20H18N4O2S/c1-12-10-13(2)22-19(21-12)26-15-6-4-14(5-7-15)23-20-24-17-9-8-16(25-3)11-18(17)27-20/h4-11H,1-3H3,(H,23,24). The van der Waals surface area contributed by atoms with Gasteiger partial charge in [0.2, 0.25) is 0 Å². The predicted octanol–water partition coefficient (Wildman–Crippen LogP) is 5.25. The van der Waals surface area contributed by atoms with E-state index in [4.69, 9.17) is 9.47 Å². The van der Waals surface area contributed by atoms with Crippen molar-refractivity contribution in [3.8, 4) is 17.5 Å². The Bertz CT molecular complexity index is 1070. The second-order valence-corrected chi connectivity index (χ2v) is 7.07. The van der Waals surface area contributed by atoms with Crippen molar-refractivity contribution in [1.29, 1.82) is 0 Å². The minimum atomic E-state index is 0.355. The maximum atomic E-state index is 5.74. The molecule has 4 aromatic rings. The average molecular weight is 378 g/mol. The Morgan fingerprint density at radius 1 is 0.852 bits per heavy atom. The van der Waals surface area contributed by atoms with Gasteiger partial charge in [0.05, 0.1) is 17.3 Å². The summed E-state index contributed by atoms with van der Waals surface area (Å²) in [5.74, 6) is 1.51. The molecule has 6 nitrogen and oxygen atoms in total. The van der Waals surface area contributed by atoms with Crippen LogP contribution in [-0.4, -0.2) is 22.1 Å². The number of ether oxygens (including phenoxy) is 2. The zero-order valence-corrected chi connectivity index (χ0v) is 16.0. The quantitative estimate of drug-likeness (QED) is 0.512. The summed E-state index contributed by atoms with van der Waals surface area (Å²) in [6.07, 6.45) is 0. The highest BCUT2D eigenvalue weighted by atomic mass is 32.1. The first-order valence-electron chi connectivity index (χ1n) is 8.41. The van der Waals surface area contributed by atoms with E-state index in [2.05, 4.69) is 20.3 Å². The van der Waals surface area contributed by atoms with Crippen LogP contribution in [0, 0.1) is 13.8 Å². The molecule has 4 rings (SSSR count). The first kappa shape index (κ1) is 17.2. The van der Waals surface area contributed by atoms with Crippen LogP contribution in [0.25, 0.3) is 10.2 Å². The molecule has 0 atom stereocenters. The molecule has 27 heavy (non-hydrogen) atoms. The van der Waals surface area contributed by atoms with E-state index in [1.54, 1.807) is 18.4 Å². The highest BCUT2D eigenvalue weighted by molar-refractivity contribution is 7.22. The molecule has 2 heterocycles. The van der Waals surface area contributed by atoms with Crippen molar-refractivity contribution >= 4 is 32.4 Å². The van der Waals surface area contributed by atoms with E-state index in [1.165, 1.54) is 0 Å². The summed E-state index contributed by atoms with van der Waals surface area (Å²) in [4.78, 5) is 13.2. The molecule has 0 aliphatic heterocycles. The van der Waals surface area contributed by atoms with Crippen molar-refractivity contribution in [3.05, 3.63) is 59.9 Å². The van der Waals surface area contributed by atoms with Gasteiger partial charge in [-0.3, -0.25) is 0 Å². The van der Waals surface area contributed by atoms with Crippen LogP contribution in [0.4, 0.5) is 10.8 Å². The van der Waals surface area contributed by atoms with Crippen LogP contribution >= 0.6 is 11.3 Å². The largest absolute Gasteiger partial charge is 0.497 e. The summed E-state index contributed by atoms with van der Waals surface area (Å²) in [7, 11) is 1.66. The number of anilines is 2. The van der Waals surface area contributed by atoms with E-state index in [1.807, 2.05) is 62.4 Å². The monoisotopic (exact) mass is 378 g/mol. The van der Waals surface area contributed by atoms with Crippen LogP contribution in [0.1, 0.15) is 11.4 Å². The van der Waals surface area contributed by atoms with Gasteiger partial charge in [-0.2, -0.15) is 0 Å². The SMILES string of the molecule is COc1ccc2nc(Nc3ccc(Oc4nc(C)cc(C)n4)cc3)sc2c1. The first-order valence-corrected chi connectivity index (χ1v) is 9.22. The topological polar surface area (TPSA) is 69.2 Å². The Labute approximate surface area is 160 Å². The minimum absolute atomic E-state index is 0.355. The van der Waals surface area contributed by atoms with Crippen molar-refractivity contribution in [3.63, 3.8) is 0 Å². The maximum Gasteiger partial charge on any atom is 0.322 e. The lowest BCUT2D eigenvalue weighted by atomic mass is 10.3. The van der Waals surface area contributed by atoms with Crippen molar-refractivity contribution in [2.24, 2.45) is 0 Å².